The fourth-order valence-corrected chi connectivity index (χ4v) is 5.33. The van der Waals surface area contributed by atoms with E-state index >= 15 is 4.39 Å². The largest absolute Gasteiger partial charge is 0.497 e. The molecule has 0 bridgehead atoms. The van der Waals surface area contributed by atoms with Gasteiger partial charge < -0.3 is 19.7 Å². The number of ether oxygens (including phenoxy) is 2. The van der Waals surface area contributed by atoms with Crippen LogP contribution in [0.3, 0.4) is 0 Å². The lowest BCUT2D eigenvalue weighted by molar-refractivity contribution is 0.376. The van der Waals surface area contributed by atoms with E-state index in [2.05, 4.69) is 0 Å². The maximum atomic E-state index is 15.1. The molecule has 0 amide bonds. The molecular formula is C24H18ClFN2O4S. The van der Waals surface area contributed by atoms with Crippen LogP contribution in [0.5, 0.6) is 23.3 Å². The molecule has 3 heterocycles. The van der Waals surface area contributed by atoms with Gasteiger partial charge in [-0.25, -0.2) is 9.37 Å². The summed E-state index contributed by atoms with van der Waals surface area (Å²) in [7, 11) is 3.01. The number of rotatable bonds is 5. The minimum atomic E-state index is -0.461. The summed E-state index contributed by atoms with van der Waals surface area (Å²) >= 11 is 8.08. The van der Waals surface area contributed by atoms with Crippen molar-refractivity contribution in [2.45, 2.75) is 6.54 Å². The SMILES string of the molecule is COc1ccc(-c2c(Cl)c(Cn3c(O)ccc3O)nc3sc4c(F)c(OC)ccc4c23)cc1. The number of halogens is 2. The number of nitrogens with zero attached hydrogens (tertiary/aromatic N) is 2. The number of hydrogen-bond acceptors (Lipinski definition) is 6. The Balaban J connectivity index is 1.83. The summed E-state index contributed by atoms with van der Waals surface area (Å²) in [5.41, 5.74) is 1.91. The van der Waals surface area contributed by atoms with Crippen LogP contribution in [0.2, 0.25) is 5.02 Å². The minimum absolute atomic E-state index is 0.0304. The molecule has 0 fully saturated rings. The van der Waals surface area contributed by atoms with Crippen molar-refractivity contribution in [2.75, 3.05) is 14.2 Å². The predicted octanol–water partition coefficient (Wildman–Crippen LogP) is 6.19. The van der Waals surface area contributed by atoms with Crippen LogP contribution in [0.15, 0.2) is 48.5 Å². The minimum Gasteiger partial charge on any atom is -0.497 e. The number of benzene rings is 2. The molecule has 2 N–H and O–H groups in total. The van der Waals surface area contributed by atoms with Gasteiger partial charge in [0, 0.05) is 28.5 Å². The molecule has 6 nitrogen and oxygen atoms in total. The summed E-state index contributed by atoms with van der Waals surface area (Å²) in [5.74, 6) is 0.131. The molecule has 33 heavy (non-hydrogen) atoms. The second-order valence-electron chi connectivity index (χ2n) is 7.35. The van der Waals surface area contributed by atoms with Gasteiger partial charge in [0.25, 0.3) is 0 Å². The van der Waals surface area contributed by atoms with Crippen molar-refractivity contribution in [3.63, 3.8) is 0 Å². The van der Waals surface area contributed by atoms with Crippen LogP contribution in [0.25, 0.3) is 31.4 Å². The molecule has 0 aliphatic heterocycles. The summed E-state index contributed by atoms with van der Waals surface area (Å²) in [5, 5.41) is 21.9. The van der Waals surface area contributed by atoms with E-state index in [4.69, 9.17) is 26.1 Å². The Morgan fingerprint density at radius 1 is 1.00 bits per heavy atom. The van der Waals surface area contributed by atoms with E-state index in [1.165, 1.54) is 35.1 Å². The molecule has 0 spiro atoms. The Morgan fingerprint density at radius 2 is 1.70 bits per heavy atom. The van der Waals surface area contributed by atoms with E-state index in [-0.39, 0.29) is 24.1 Å². The van der Waals surface area contributed by atoms with Gasteiger partial charge in [-0.15, -0.1) is 11.3 Å². The van der Waals surface area contributed by atoms with Crippen molar-refractivity contribution in [2.24, 2.45) is 0 Å². The highest BCUT2D eigenvalue weighted by Crippen LogP contribution is 2.46. The zero-order chi connectivity index (χ0) is 23.3. The zero-order valence-electron chi connectivity index (χ0n) is 17.6. The van der Waals surface area contributed by atoms with E-state index in [0.717, 1.165) is 10.9 Å². The highest BCUT2D eigenvalue weighted by Gasteiger charge is 2.23. The van der Waals surface area contributed by atoms with E-state index in [1.54, 1.807) is 19.2 Å². The molecular weight excluding hydrogens is 467 g/mol. The van der Waals surface area contributed by atoms with Crippen molar-refractivity contribution in [1.82, 2.24) is 9.55 Å². The summed E-state index contributed by atoms with van der Waals surface area (Å²) in [6.07, 6.45) is 0. The van der Waals surface area contributed by atoms with Crippen LogP contribution in [0, 0.1) is 5.82 Å². The molecule has 5 rings (SSSR count). The van der Waals surface area contributed by atoms with Crippen molar-refractivity contribution in [3.8, 4) is 34.4 Å². The third kappa shape index (κ3) is 3.42. The topological polar surface area (TPSA) is 76.7 Å². The first-order valence-electron chi connectivity index (χ1n) is 9.92. The third-order valence-electron chi connectivity index (χ3n) is 5.54. The second-order valence-corrected chi connectivity index (χ2v) is 8.73. The van der Waals surface area contributed by atoms with Gasteiger partial charge >= 0.3 is 0 Å². The molecule has 168 valence electrons. The van der Waals surface area contributed by atoms with E-state index < -0.39 is 5.82 Å². The number of pyridine rings is 1. The third-order valence-corrected chi connectivity index (χ3v) is 7.04. The number of fused-ring (bicyclic) bond motifs is 3. The molecule has 0 aliphatic rings. The lowest BCUT2D eigenvalue weighted by atomic mass is 9.99. The highest BCUT2D eigenvalue weighted by atomic mass is 35.5. The first-order chi connectivity index (χ1) is 15.9. The summed E-state index contributed by atoms with van der Waals surface area (Å²) in [4.78, 5) is 5.27. The van der Waals surface area contributed by atoms with Gasteiger partial charge in [0.15, 0.2) is 23.3 Å². The van der Waals surface area contributed by atoms with E-state index in [9.17, 15) is 10.2 Å². The lowest BCUT2D eigenvalue weighted by Gasteiger charge is -2.14. The molecule has 3 aromatic heterocycles. The molecule has 9 heteroatoms. The fourth-order valence-electron chi connectivity index (χ4n) is 3.89. The number of aromatic hydroxyl groups is 2. The number of methoxy groups -OCH3 is 2. The normalized spacial score (nSPS) is 11.4. The van der Waals surface area contributed by atoms with Gasteiger partial charge in [0.05, 0.1) is 36.2 Å². The van der Waals surface area contributed by atoms with Crippen molar-refractivity contribution in [3.05, 3.63) is 65.1 Å². The van der Waals surface area contributed by atoms with Gasteiger partial charge in [0.2, 0.25) is 0 Å². The quantitative estimate of drug-likeness (QED) is 0.311. The first kappa shape index (κ1) is 21.4. The van der Waals surface area contributed by atoms with Crippen LogP contribution in [0.1, 0.15) is 5.69 Å². The standard InChI is InChI=1S/C24H18ClFN2O4S/c1-31-13-5-3-12(4-6-13)19-20-14-7-8-16(32-2)22(26)23(14)33-24(20)27-15(21(19)25)11-28-17(29)9-10-18(28)30/h3-10,29-30H,11H2,1-2H3. The lowest BCUT2D eigenvalue weighted by Crippen LogP contribution is -2.03. The van der Waals surface area contributed by atoms with Crippen molar-refractivity contribution < 1.29 is 24.1 Å². The monoisotopic (exact) mass is 484 g/mol. The Bertz CT molecular complexity index is 1490. The fraction of sp³-hybridized carbons (Fsp3) is 0.125. The van der Waals surface area contributed by atoms with Crippen LogP contribution in [-0.2, 0) is 6.54 Å². The molecule has 5 aromatic rings. The maximum absolute atomic E-state index is 15.1. The Morgan fingerprint density at radius 3 is 2.33 bits per heavy atom. The average Bonchev–Trinajstić information content (AvgIpc) is 3.35. The Labute approximate surface area is 197 Å². The van der Waals surface area contributed by atoms with Crippen LogP contribution in [-0.4, -0.2) is 34.0 Å². The Hall–Kier alpha value is -3.49. The predicted molar refractivity (Wildman–Crippen MR) is 127 cm³/mol. The molecule has 0 aliphatic carbocycles. The molecule has 0 radical (unpaired) electrons. The van der Waals surface area contributed by atoms with Crippen molar-refractivity contribution in [1.29, 1.82) is 0 Å². The van der Waals surface area contributed by atoms with Gasteiger partial charge in [-0.1, -0.05) is 23.7 Å². The molecule has 0 saturated carbocycles. The zero-order valence-corrected chi connectivity index (χ0v) is 19.2. The van der Waals surface area contributed by atoms with Crippen LogP contribution in [0.4, 0.5) is 4.39 Å². The molecule has 0 atom stereocenters. The van der Waals surface area contributed by atoms with Crippen LogP contribution < -0.4 is 9.47 Å². The van der Waals surface area contributed by atoms with E-state index in [1.807, 2.05) is 24.3 Å². The van der Waals surface area contributed by atoms with E-state index in [0.29, 0.717) is 36.9 Å². The van der Waals surface area contributed by atoms with Gasteiger partial charge in [-0.2, -0.15) is 0 Å². The summed E-state index contributed by atoms with van der Waals surface area (Å²) in [6, 6.07) is 13.5. The second kappa shape index (κ2) is 8.13. The first-order valence-corrected chi connectivity index (χ1v) is 11.1. The maximum Gasteiger partial charge on any atom is 0.194 e. The molecule has 0 unspecified atom stereocenters. The van der Waals surface area contributed by atoms with Crippen LogP contribution >= 0.6 is 22.9 Å². The number of aromatic nitrogens is 2. The average molecular weight is 485 g/mol. The summed E-state index contributed by atoms with van der Waals surface area (Å²) < 4.78 is 27.2. The summed E-state index contributed by atoms with van der Waals surface area (Å²) in [6.45, 7) is 0.0304. The molecule has 0 saturated heterocycles. The number of hydrogen-bond donors (Lipinski definition) is 2. The van der Waals surface area contributed by atoms with Gasteiger partial charge in [-0.3, -0.25) is 4.57 Å². The smallest absolute Gasteiger partial charge is 0.194 e. The highest BCUT2D eigenvalue weighted by molar-refractivity contribution is 7.25. The van der Waals surface area contributed by atoms with Gasteiger partial charge in [0.1, 0.15) is 10.6 Å². The van der Waals surface area contributed by atoms with Gasteiger partial charge in [-0.05, 0) is 29.8 Å². The van der Waals surface area contributed by atoms with Crippen molar-refractivity contribution >= 4 is 43.2 Å². The molecule has 2 aromatic carbocycles. The Kier molecular flexibility index (Phi) is 5.26. The number of thiophene rings is 1.